The number of para-hydroxylation sites is 1. The minimum absolute atomic E-state index is 0.133. The molecule has 1 saturated heterocycles. The molecule has 1 aliphatic rings. The van der Waals surface area contributed by atoms with Crippen molar-refractivity contribution in [2.75, 3.05) is 18.4 Å². The first-order valence-electron chi connectivity index (χ1n) is 13.9. The van der Waals surface area contributed by atoms with Crippen molar-refractivity contribution < 1.29 is 31.6 Å². The van der Waals surface area contributed by atoms with E-state index in [4.69, 9.17) is 9.94 Å². The van der Waals surface area contributed by atoms with Gasteiger partial charge in [-0.05, 0) is 42.8 Å². The third kappa shape index (κ3) is 6.35. The number of fused-ring (bicyclic) bond motifs is 1. The summed E-state index contributed by atoms with van der Waals surface area (Å²) in [5.41, 5.74) is 3.35. The van der Waals surface area contributed by atoms with Crippen LogP contribution in [-0.2, 0) is 11.9 Å². The Kier molecular flexibility index (Phi) is 7.97. The standard InChI is InChI=1S/C30H27F5N8O2/c1-17-25(19-12-20-15-37-41(2)28(20)36-14-19)40-43(21-6-4-3-5-7-21)27(17)39-29(44)38-24-16-42(11-10-30(33,34)35)45-26(24)18-8-9-22(31)23(32)13-18/h3-9,12-15,24,26H,10-11,16H2,1-2H3,(H2,38,39,44)/t24-,26+/m1/s1. The van der Waals surface area contributed by atoms with Crippen molar-refractivity contribution in [1.82, 2.24) is 34.9 Å². The molecule has 0 aliphatic carbocycles. The monoisotopic (exact) mass is 626 g/mol. The molecule has 2 aromatic carbocycles. The van der Waals surface area contributed by atoms with Gasteiger partial charge in [0.2, 0.25) is 0 Å². The van der Waals surface area contributed by atoms with Crippen molar-refractivity contribution >= 4 is 22.9 Å². The van der Waals surface area contributed by atoms with Crippen LogP contribution < -0.4 is 10.6 Å². The predicted octanol–water partition coefficient (Wildman–Crippen LogP) is 5.84. The molecule has 0 bridgehead atoms. The largest absolute Gasteiger partial charge is 0.390 e. The molecule has 2 atom stereocenters. The van der Waals surface area contributed by atoms with Crippen LogP contribution in [-0.4, -0.2) is 60.9 Å². The Morgan fingerprint density at radius 2 is 1.84 bits per heavy atom. The number of carbonyl (C=O) groups excluding carboxylic acids is 1. The average molecular weight is 627 g/mol. The van der Waals surface area contributed by atoms with Gasteiger partial charge in [-0.2, -0.15) is 28.4 Å². The Bertz CT molecular complexity index is 1860. The van der Waals surface area contributed by atoms with Crippen LogP contribution in [0.3, 0.4) is 0 Å². The number of hydroxylamine groups is 2. The van der Waals surface area contributed by atoms with Crippen LogP contribution in [0.2, 0.25) is 0 Å². The normalized spacial score (nSPS) is 17.2. The van der Waals surface area contributed by atoms with E-state index in [-0.39, 0.29) is 12.1 Å². The van der Waals surface area contributed by atoms with Crippen LogP contribution in [0.1, 0.15) is 23.7 Å². The summed E-state index contributed by atoms with van der Waals surface area (Å²) < 4.78 is 69.7. The van der Waals surface area contributed by atoms with E-state index in [9.17, 15) is 26.7 Å². The van der Waals surface area contributed by atoms with Crippen LogP contribution in [0.25, 0.3) is 28.0 Å². The Hall–Kier alpha value is -4.89. The maximum absolute atomic E-state index is 14.1. The van der Waals surface area contributed by atoms with Crippen molar-refractivity contribution in [3.05, 3.63) is 89.8 Å². The van der Waals surface area contributed by atoms with E-state index in [0.29, 0.717) is 34.0 Å². The average Bonchev–Trinajstić information content (AvgIpc) is 3.68. The first kappa shape index (κ1) is 30.1. The van der Waals surface area contributed by atoms with Crippen LogP contribution in [0.15, 0.2) is 67.0 Å². The van der Waals surface area contributed by atoms with Gasteiger partial charge in [-0.1, -0.05) is 24.3 Å². The van der Waals surface area contributed by atoms with E-state index in [2.05, 4.69) is 20.7 Å². The van der Waals surface area contributed by atoms with Gasteiger partial charge in [0.05, 0.1) is 30.0 Å². The minimum Gasteiger partial charge on any atom is -0.331 e. The molecular weight excluding hydrogens is 599 g/mol. The van der Waals surface area contributed by atoms with Gasteiger partial charge in [0.15, 0.2) is 17.3 Å². The molecule has 6 rings (SSSR count). The van der Waals surface area contributed by atoms with Gasteiger partial charge >= 0.3 is 12.2 Å². The van der Waals surface area contributed by atoms with Gasteiger partial charge in [0.25, 0.3) is 0 Å². The maximum atomic E-state index is 14.1. The summed E-state index contributed by atoms with van der Waals surface area (Å²) in [5, 5.41) is 16.4. The second kappa shape index (κ2) is 11.9. The highest BCUT2D eigenvalue weighted by molar-refractivity contribution is 5.91. The number of benzene rings is 2. The zero-order valence-electron chi connectivity index (χ0n) is 24.0. The molecule has 10 nitrogen and oxygen atoms in total. The molecule has 3 aromatic heterocycles. The number of aromatic nitrogens is 5. The lowest BCUT2D eigenvalue weighted by Gasteiger charge is -2.20. The lowest BCUT2D eigenvalue weighted by molar-refractivity contribution is -0.184. The summed E-state index contributed by atoms with van der Waals surface area (Å²) in [5.74, 6) is -1.91. The number of rotatable bonds is 7. The van der Waals surface area contributed by atoms with Gasteiger partial charge in [-0.25, -0.2) is 23.2 Å². The fourth-order valence-electron chi connectivity index (χ4n) is 5.25. The first-order valence-corrected chi connectivity index (χ1v) is 13.9. The number of hydrogen-bond acceptors (Lipinski definition) is 6. The molecule has 0 radical (unpaired) electrons. The first-order chi connectivity index (χ1) is 21.5. The van der Waals surface area contributed by atoms with E-state index in [1.54, 1.807) is 35.7 Å². The van der Waals surface area contributed by atoms with E-state index >= 15 is 0 Å². The molecule has 1 aliphatic heterocycles. The lowest BCUT2D eigenvalue weighted by atomic mass is 10.0. The summed E-state index contributed by atoms with van der Waals surface area (Å²) in [6.07, 6.45) is -3.32. The highest BCUT2D eigenvalue weighted by Gasteiger charge is 2.39. The Morgan fingerprint density at radius 3 is 2.58 bits per heavy atom. The second-order valence-corrected chi connectivity index (χ2v) is 10.6. The van der Waals surface area contributed by atoms with E-state index < -0.39 is 49.0 Å². The third-order valence-electron chi connectivity index (χ3n) is 7.46. The van der Waals surface area contributed by atoms with Crippen molar-refractivity contribution in [3.63, 3.8) is 0 Å². The van der Waals surface area contributed by atoms with E-state index in [1.807, 2.05) is 36.4 Å². The van der Waals surface area contributed by atoms with E-state index in [1.165, 1.54) is 6.07 Å². The van der Waals surface area contributed by atoms with Gasteiger partial charge < -0.3 is 5.32 Å². The number of pyridine rings is 1. The highest BCUT2D eigenvalue weighted by Crippen LogP contribution is 2.34. The summed E-state index contributed by atoms with van der Waals surface area (Å²) >= 11 is 0. The molecule has 45 heavy (non-hydrogen) atoms. The molecule has 5 aromatic rings. The van der Waals surface area contributed by atoms with Gasteiger partial charge in [0.1, 0.15) is 11.9 Å². The number of carbonyl (C=O) groups is 1. The molecule has 15 heteroatoms. The summed E-state index contributed by atoms with van der Waals surface area (Å²) in [6, 6.07) is 12.4. The zero-order valence-corrected chi connectivity index (χ0v) is 24.0. The zero-order chi connectivity index (χ0) is 31.9. The topological polar surface area (TPSA) is 102 Å². The van der Waals surface area contributed by atoms with Crippen LogP contribution in [0.4, 0.5) is 32.6 Å². The minimum atomic E-state index is -4.44. The number of amides is 2. The van der Waals surface area contributed by atoms with Crippen molar-refractivity contribution in [2.45, 2.75) is 31.7 Å². The number of halogens is 5. The van der Waals surface area contributed by atoms with Crippen molar-refractivity contribution in [1.29, 1.82) is 0 Å². The van der Waals surface area contributed by atoms with Gasteiger partial charge in [-0.3, -0.25) is 14.8 Å². The van der Waals surface area contributed by atoms with Crippen molar-refractivity contribution in [2.24, 2.45) is 7.05 Å². The maximum Gasteiger partial charge on any atom is 0.390 e. The van der Waals surface area contributed by atoms with E-state index in [0.717, 1.165) is 22.6 Å². The fraction of sp³-hybridized carbons (Fsp3) is 0.267. The molecule has 2 amide bonds. The predicted molar refractivity (Wildman–Crippen MR) is 154 cm³/mol. The third-order valence-corrected chi connectivity index (χ3v) is 7.46. The van der Waals surface area contributed by atoms with Gasteiger partial charge in [-0.15, -0.1) is 0 Å². The Balaban J connectivity index is 1.29. The van der Waals surface area contributed by atoms with Crippen LogP contribution in [0, 0.1) is 18.6 Å². The molecule has 234 valence electrons. The number of nitrogens with one attached hydrogen (secondary N) is 2. The quantitative estimate of drug-likeness (QED) is 0.220. The Morgan fingerprint density at radius 1 is 1.07 bits per heavy atom. The Labute approximate surface area is 253 Å². The molecule has 0 spiro atoms. The van der Waals surface area contributed by atoms with Crippen molar-refractivity contribution in [3.8, 4) is 16.9 Å². The molecule has 2 N–H and O–H groups in total. The molecular formula is C30H27F5N8O2. The molecule has 0 unspecified atom stereocenters. The van der Waals surface area contributed by atoms with Crippen LogP contribution in [0.5, 0.6) is 0 Å². The smallest absolute Gasteiger partial charge is 0.331 e. The number of hydrogen-bond donors (Lipinski definition) is 2. The van der Waals surface area contributed by atoms with Gasteiger partial charge in [0, 0.05) is 42.8 Å². The molecule has 1 fully saturated rings. The number of urea groups is 1. The number of nitrogens with zero attached hydrogens (tertiary/aromatic N) is 6. The second-order valence-electron chi connectivity index (χ2n) is 10.6. The number of anilines is 1. The fourth-order valence-corrected chi connectivity index (χ4v) is 5.25. The summed E-state index contributed by atoms with van der Waals surface area (Å²) in [6.45, 7) is 1.14. The highest BCUT2D eigenvalue weighted by atomic mass is 19.4. The SMILES string of the molecule is Cc1c(-c2cnc3c(cnn3C)c2)nn(-c2ccccc2)c1NC(=O)N[C@@H]1CN(CCC(F)(F)F)O[C@H]1c1ccc(F)c(F)c1. The number of aryl methyl sites for hydroxylation is 1. The molecule has 4 heterocycles. The summed E-state index contributed by atoms with van der Waals surface area (Å²) in [4.78, 5) is 23.7. The lowest BCUT2D eigenvalue weighted by Crippen LogP contribution is -2.42. The summed E-state index contributed by atoms with van der Waals surface area (Å²) in [7, 11) is 1.78. The number of alkyl halides is 3. The molecule has 0 saturated carbocycles. The van der Waals surface area contributed by atoms with Crippen LogP contribution >= 0.6 is 0 Å².